The maximum Gasteiger partial charge on any atom is 0.121 e. The number of methoxy groups -OCH3 is 1. The average molecular weight is 268 g/mol. The van der Waals surface area contributed by atoms with Crippen LogP contribution in [0.25, 0.3) is 0 Å². The van der Waals surface area contributed by atoms with Gasteiger partial charge in [-0.1, -0.05) is 24.3 Å². The van der Waals surface area contributed by atoms with E-state index in [0.29, 0.717) is 0 Å². The molecule has 1 unspecified atom stereocenters. The molecule has 0 bridgehead atoms. The molecule has 20 heavy (non-hydrogen) atoms. The number of ether oxygens (including phenoxy) is 1. The van der Waals surface area contributed by atoms with Crippen molar-refractivity contribution in [3.8, 4) is 5.75 Å². The first-order chi connectivity index (χ1) is 9.69. The first kappa shape index (κ1) is 13.2. The second-order valence-corrected chi connectivity index (χ2v) is 5.51. The van der Waals surface area contributed by atoms with Gasteiger partial charge in [0.25, 0.3) is 0 Å². The first-order valence-electron chi connectivity index (χ1n) is 7.13. The molecule has 2 aromatic carbocycles. The zero-order valence-corrected chi connectivity index (χ0v) is 12.0. The van der Waals surface area contributed by atoms with Gasteiger partial charge in [-0.2, -0.15) is 0 Å². The smallest absolute Gasteiger partial charge is 0.121 e. The molecule has 0 amide bonds. The van der Waals surface area contributed by atoms with Gasteiger partial charge in [0.15, 0.2) is 0 Å². The maximum absolute atomic E-state index is 10.6. The fraction of sp³-hybridized carbons (Fsp3) is 0.333. The number of fused-ring (bicyclic) bond motifs is 1. The normalized spacial score (nSPS) is 14.9. The van der Waals surface area contributed by atoms with Crippen LogP contribution in [0.1, 0.15) is 40.3 Å². The quantitative estimate of drug-likeness (QED) is 0.922. The minimum atomic E-state index is -0.564. The van der Waals surface area contributed by atoms with E-state index >= 15 is 0 Å². The van der Waals surface area contributed by atoms with Crippen LogP contribution in [0, 0.1) is 6.92 Å². The van der Waals surface area contributed by atoms with E-state index in [1.54, 1.807) is 7.11 Å². The van der Waals surface area contributed by atoms with E-state index in [9.17, 15) is 5.11 Å². The van der Waals surface area contributed by atoms with Crippen molar-refractivity contribution in [1.82, 2.24) is 0 Å². The standard InChI is InChI=1S/C18H20O2/c1-12-10-15(8-9-17(12)20-2)18(19)16-7-6-13-4-3-5-14(13)11-16/h6-11,18-19H,3-5H2,1-2H3. The molecule has 1 aliphatic carbocycles. The summed E-state index contributed by atoms with van der Waals surface area (Å²) >= 11 is 0. The fourth-order valence-corrected chi connectivity index (χ4v) is 3.03. The summed E-state index contributed by atoms with van der Waals surface area (Å²) < 4.78 is 5.26. The number of aryl methyl sites for hydroxylation is 3. The zero-order chi connectivity index (χ0) is 14.1. The molecule has 2 nitrogen and oxygen atoms in total. The SMILES string of the molecule is COc1ccc(C(O)c2ccc3c(c2)CCC3)cc1C. The number of aliphatic hydroxyl groups excluding tert-OH is 1. The van der Waals surface area contributed by atoms with Crippen molar-refractivity contribution in [2.45, 2.75) is 32.3 Å². The van der Waals surface area contributed by atoms with Crippen molar-refractivity contribution in [1.29, 1.82) is 0 Å². The molecule has 3 rings (SSSR count). The summed E-state index contributed by atoms with van der Waals surface area (Å²) in [7, 11) is 1.67. The van der Waals surface area contributed by atoms with Crippen LogP contribution in [-0.2, 0) is 12.8 Å². The van der Waals surface area contributed by atoms with Gasteiger partial charge in [-0.3, -0.25) is 0 Å². The van der Waals surface area contributed by atoms with Crippen LogP contribution in [0.2, 0.25) is 0 Å². The lowest BCUT2D eigenvalue weighted by Gasteiger charge is -2.15. The molecule has 2 aromatic rings. The van der Waals surface area contributed by atoms with Gasteiger partial charge in [-0.15, -0.1) is 0 Å². The van der Waals surface area contributed by atoms with Gasteiger partial charge in [0.05, 0.1) is 7.11 Å². The Hall–Kier alpha value is -1.80. The third-order valence-electron chi connectivity index (χ3n) is 4.17. The molecule has 2 heteroatoms. The first-order valence-corrected chi connectivity index (χ1v) is 7.13. The Morgan fingerprint density at radius 2 is 1.70 bits per heavy atom. The summed E-state index contributed by atoms with van der Waals surface area (Å²) in [6.07, 6.45) is 2.98. The van der Waals surface area contributed by atoms with Gasteiger partial charge in [-0.25, -0.2) is 0 Å². The highest BCUT2D eigenvalue weighted by Gasteiger charge is 2.16. The molecule has 0 fully saturated rings. The molecule has 0 heterocycles. The van der Waals surface area contributed by atoms with Crippen LogP contribution >= 0.6 is 0 Å². The van der Waals surface area contributed by atoms with E-state index in [-0.39, 0.29) is 0 Å². The van der Waals surface area contributed by atoms with Crippen molar-refractivity contribution >= 4 is 0 Å². The maximum atomic E-state index is 10.6. The van der Waals surface area contributed by atoms with E-state index in [2.05, 4.69) is 12.1 Å². The van der Waals surface area contributed by atoms with Crippen molar-refractivity contribution < 1.29 is 9.84 Å². The Morgan fingerprint density at radius 3 is 2.45 bits per heavy atom. The Labute approximate surface area is 120 Å². The number of hydrogen-bond donors (Lipinski definition) is 1. The minimum absolute atomic E-state index is 0.564. The summed E-state index contributed by atoms with van der Waals surface area (Å²) in [5, 5.41) is 10.6. The summed E-state index contributed by atoms with van der Waals surface area (Å²) in [6.45, 7) is 2.00. The number of aliphatic hydroxyl groups is 1. The summed E-state index contributed by atoms with van der Waals surface area (Å²) in [5.74, 6) is 0.856. The van der Waals surface area contributed by atoms with E-state index < -0.39 is 6.10 Å². The van der Waals surface area contributed by atoms with Crippen LogP contribution < -0.4 is 4.74 Å². The Bertz CT molecular complexity index is 631. The lowest BCUT2D eigenvalue weighted by molar-refractivity contribution is 0.220. The number of rotatable bonds is 3. The molecular weight excluding hydrogens is 248 g/mol. The Kier molecular flexibility index (Phi) is 3.49. The minimum Gasteiger partial charge on any atom is -0.496 e. The highest BCUT2D eigenvalue weighted by atomic mass is 16.5. The molecule has 0 spiro atoms. The van der Waals surface area contributed by atoms with Gasteiger partial charge < -0.3 is 9.84 Å². The molecule has 0 saturated carbocycles. The largest absolute Gasteiger partial charge is 0.496 e. The van der Waals surface area contributed by atoms with Crippen molar-refractivity contribution in [2.75, 3.05) is 7.11 Å². The highest BCUT2D eigenvalue weighted by molar-refractivity contribution is 5.42. The molecule has 104 valence electrons. The van der Waals surface area contributed by atoms with E-state index in [4.69, 9.17) is 4.74 Å². The van der Waals surface area contributed by atoms with Gasteiger partial charge in [-0.05, 0) is 66.1 Å². The van der Waals surface area contributed by atoms with Crippen molar-refractivity contribution in [2.24, 2.45) is 0 Å². The molecular formula is C18H20O2. The predicted molar refractivity (Wildman–Crippen MR) is 80.3 cm³/mol. The average Bonchev–Trinajstić information content (AvgIpc) is 2.93. The summed E-state index contributed by atoms with van der Waals surface area (Å²) in [6, 6.07) is 12.2. The van der Waals surface area contributed by atoms with E-state index in [0.717, 1.165) is 28.9 Å². The highest BCUT2D eigenvalue weighted by Crippen LogP contribution is 2.30. The van der Waals surface area contributed by atoms with Gasteiger partial charge in [0.1, 0.15) is 11.9 Å². The number of benzene rings is 2. The Morgan fingerprint density at radius 1 is 1.00 bits per heavy atom. The third-order valence-corrected chi connectivity index (χ3v) is 4.17. The predicted octanol–water partition coefficient (Wildman–Crippen LogP) is 3.57. The zero-order valence-electron chi connectivity index (χ0n) is 12.0. The van der Waals surface area contributed by atoms with Gasteiger partial charge >= 0.3 is 0 Å². The third kappa shape index (κ3) is 2.32. The molecule has 1 aliphatic rings. The Balaban J connectivity index is 1.92. The van der Waals surface area contributed by atoms with Crippen LogP contribution in [-0.4, -0.2) is 12.2 Å². The lowest BCUT2D eigenvalue weighted by Crippen LogP contribution is -2.01. The fourth-order valence-electron chi connectivity index (χ4n) is 3.03. The van der Waals surface area contributed by atoms with Crippen molar-refractivity contribution in [3.05, 3.63) is 64.2 Å². The van der Waals surface area contributed by atoms with Crippen molar-refractivity contribution in [3.63, 3.8) is 0 Å². The molecule has 0 aliphatic heterocycles. The topological polar surface area (TPSA) is 29.5 Å². The summed E-state index contributed by atoms with van der Waals surface area (Å²) in [5.41, 5.74) is 5.78. The lowest BCUT2D eigenvalue weighted by atomic mass is 9.97. The van der Waals surface area contributed by atoms with Crippen LogP contribution in [0.5, 0.6) is 5.75 Å². The van der Waals surface area contributed by atoms with E-state index in [1.807, 2.05) is 31.2 Å². The number of hydrogen-bond acceptors (Lipinski definition) is 2. The molecule has 0 aromatic heterocycles. The van der Waals surface area contributed by atoms with Crippen LogP contribution in [0.4, 0.5) is 0 Å². The second kappa shape index (κ2) is 5.29. The molecule has 1 atom stereocenters. The second-order valence-electron chi connectivity index (χ2n) is 5.51. The monoisotopic (exact) mass is 268 g/mol. The van der Waals surface area contributed by atoms with Crippen LogP contribution in [0.15, 0.2) is 36.4 Å². The van der Waals surface area contributed by atoms with Crippen LogP contribution in [0.3, 0.4) is 0 Å². The van der Waals surface area contributed by atoms with Gasteiger partial charge in [0.2, 0.25) is 0 Å². The van der Waals surface area contributed by atoms with Gasteiger partial charge in [0, 0.05) is 0 Å². The summed E-state index contributed by atoms with van der Waals surface area (Å²) in [4.78, 5) is 0. The molecule has 1 N–H and O–H groups in total. The van der Waals surface area contributed by atoms with E-state index in [1.165, 1.54) is 24.0 Å². The molecule has 0 radical (unpaired) electrons. The molecule has 0 saturated heterocycles.